The first kappa shape index (κ1) is 16.5. The topological polar surface area (TPSA) is 73.8 Å². The second-order valence-corrected chi connectivity index (χ2v) is 7.86. The highest BCUT2D eigenvalue weighted by molar-refractivity contribution is 9.10. The zero-order valence-electron chi connectivity index (χ0n) is 13.0. The van der Waals surface area contributed by atoms with Crippen molar-refractivity contribution in [3.8, 4) is 11.5 Å². The van der Waals surface area contributed by atoms with E-state index in [1.165, 1.54) is 23.1 Å². The smallest absolute Gasteiger partial charge is 0.262 e. The van der Waals surface area contributed by atoms with Gasteiger partial charge in [-0.05, 0) is 39.5 Å². The molecule has 126 valence electrons. The normalized spacial score (nSPS) is 11.3. The maximum atomic E-state index is 12.3. The molecule has 0 radical (unpaired) electrons. The summed E-state index contributed by atoms with van der Waals surface area (Å²) in [5.74, 6) is 1.38. The molecule has 0 aliphatic rings. The molecule has 0 aliphatic carbocycles. The van der Waals surface area contributed by atoms with Crippen molar-refractivity contribution < 1.29 is 4.42 Å². The molecule has 1 aromatic carbocycles. The third-order valence-electron chi connectivity index (χ3n) is 3.56. The molecule has 0 amide bonds. The van der Waals surface area contributed by atoms with Crippen LogP contribution in [0.5, 0.6) is 0 Å². The van der Waals surface area contributed by atoms with E-state index >= 15 is 0 Å². The number of aromatic nitrogens is 4. The number of hydrogen-bond donors (Lipinski definition) is 0. The van der Waals surface area contributed by atoms with Crippen LogP contribution >= 0.6 is 39.0 Å². The molecule has 9 heteroatoms. The maximum Gasteiger partial charge on any atom is 0.262 e. The molecular formula is C16H11BrN4O2S2. The fraction of sp³-hybridized carbons (Fsp3) is 0.125. The van der Waals surface area contributed by atoms with Crippen LogP contribution in [0.1, 0.15) is 5.89 Å². The minimum absolute atomic E-state index is 0.0480. The lowest BCUT2D eigenvalue weighted by molar-refractivity contribution is 0.528. The molecule has 0 fully saturated rings. The van der Waals surface area contributed by atoms with Crippen LogP contribution in [0.3, 0.4) is 0 Å². The summed E-state index contributed by atoms with van der Waals surface area (Å²) >= 11 is 6.33. The van der Waals surface area contributed by atoms with Crippen molar-refractivity contribution in [1.82, 2.24) is 19.7 Å². The number of thiophene rings is 1. The molecule has 0 unspecified atom stereocenters. The van der Waals surface area contributed by atoms with Gasteiger partial charge >= 0.3 is 0 Å². The second kappa shape index (κ2) is 6.74. The van der Waals surface area contributed by atoms with Crippen LogP contribution in [-0.4, -0.2) is 19.7 Å². The van der Waals surface area contributed by atoms with E-state index in [-0.39, 0.29) is 5.56 Å². The van der Waals surface area contributed by atoms with Crippen LogP contribution in [0.4, 0.5) is 0 Å². The van der Waals surface area contributed by atoms with E-state index in [0.29, 0.717) is 28.1 Å². The minimum Gasteiger partial charge on any atom is -0.420 e. The van der Waals surface area contributed by atoms with Gasteiger partial charge in [-0.1, -0.05) is 23.9 Å². The number of fused-ring (bicyclic) bond motifs is 1. The first-order valence-electron chi connectivity index (χ1n) is 7.28. The molecule has 0 N–H and O–H groups in total. The summed E-state index contributed by atoms with van der Waals surface area (Å²) in [6.45, 7) is 0. The summed E-state index contributed by atoms with van der Waals surface area (Å²) in [5.41, 5.74) is 0.796. The van der Waals surface area contributed by atoms with Crippen LogP contribution < -0.4 is 5.56 Å². The Labute approximate surface area is 159 Å². The van der Waals surface area contributed by atoms with E-state index in [0.717, 1.165) is 14.9 Å². The molecule has 0 bridgehead atoms. The Bertz CT molecular complexity index is 1120. The zero-order chi connectivity index (χ0) is 17.4. The fourth-order valence-electron chi connectivity index (χ4n) is 2.29. The quantitative estimate of drug-likeness (QED) is 0.355. The highest BCUT2D eigenvalue weighted by atomic mass is 79.9. The average Bonchev–Trinajstić information content (AvgIpc) is 3.26. The maximum absolute atomic E-state index is 12.3. The monoisotopic (exact) mass is 434 g/mol. The van der Waals surface area contributed by atoms with Crippen LogP contribution in [-0.2, 0) is 12.8 Å². The number of benzene rings is 1. The Morgan fingerprint density at radius 1 is 1.28 bits per heavy atom. The van der Waals surface area contributed by atoms with Gasteiger partial charge in [-0.15, -0.1) is 21.5 Å². The van der Waals surface area contributed by atoms with Gasteiger partial charge in [0, 0.05) is 11.5 Å². The molecule has 0 spiro atoms. The van der Waals surface area contributed by atoms with Gasteiger partial charge in [0.15, 0.2) is 5.16 Å². The largest absolute Gasteiger partial charge is 0.420 e. The minimum atomic E-state index is -0.0480. The fourth-order valence-corrected chi connectivity index (χ4v) is 4.36. The van der Waals surface area contributed by atoms with Crippen LogP contribution in [0, 0.1) is 0 Å². The molecule has 25 heavy (non-hydrogen) atoms. The standard InChI is InChI=1S/C16H11BrN4O2S2/c1-21-15(22)10-6-7-24-14(10)18-16(21)25-8-12-19-20-13(23-12)9-4-2-3-5-11(9)17/h2-7H,8H2,1H3. The Morgan fingerprint density at radius 2 is 2.12 bits per heavy atom. The molecule has 6 nitrogen and oxygen atoms in total. The number of thioether (sulfide) groups is 1. The predicted molar refractivity (Wildman–Crippen MR) is 102 cm³/mol. The van der Waals surface area contributed by atoms with Crippen molar-refractivity contribution in [2.45, 2.75) is 10.9 Å². The number of rotatable bonds is 4. The average molecular weight is 435 g/mol. The van der Waals surface area contributed by atoms with Gasteiger partial charge < -0.3 is 4.42 Å². The summed E-state index contributed by atoms with van der Waals surface area (Å²) in [6.07, 6.45) is 0. The lowest BCUT2D eigenvalue weighted by Crippen LogP contribution is -2.19. The Kier molecular flexibility index (Phi) is 4.45. The third-order valence-corrected chi connectivity index (χ3v) is 6.07. The van der Waals surface area contributed by atoms with Crippen molar-refractivity contribution in [1.29, 1.82) is 0 Å². The van der Waals surface area contributed by atoms with Crippen molar-refractivity contribution >= 4 is 49.2 Å². The van der Waals surface area contributed by atoms with Crippen molar-refractivity contribution in [3.05, 3.63) is 56.4 Å². The van der Waals surface area contributed by atoms with Gasteiger partial charge in [-0.25, -0.2) is 4.98 Å². The molecule has 0 saturated carbocycles. The molecular weight excluding hydrogens is 424 g/mol. The Hall–Kier alpha value is -1.97. The molecule has 3 aromatic heterocycles. The van der Waals surface area contributed by atoms with E-state index in [4.69, 9.17) is 4.42 Å². The number of nitrogens with zero attached hydrogens (tertiary/aromatic N) is 4. The lowest BCUT2D eigenvalue weighted by Gasteiger charge is -2.05. The third kappa shape index (κ3) is 3.14. The van der Waals surface area contributed by atoms with Gasteiger partial charge in [0.1, 0.15) is 4.83 Å². The van der Waals surface area contributed by atoms with Gasteiger partial charge in [-0.3, -0.25) is 9.36 Å². The number of hydrogen-bond acceptors (Lipinski definition) is 7. The Balaban J connectivity index is 1.58. The summed E-state index contributed by atoms with van der Waals surface area (Å²) in [4.78, 5) is 17.6. The Morgan fingerprint density at radius 3 is 2.96 bits per heavy atom. The molecule has 0 saturated heterocycles. The van der Waals surface area contributed by atoms with Crippen molar-refractivity contribution in [2.24, 2.45) is 7.05 Å². The molecule has 0 atom stereocenters. The van der Waals surface area contributed by atoms with Crippen LogP contribution in [0.25, 0.3) is 21.7 Å². The van der Waals surface area contributed by atoms with Gasteiger partial charge in [0.25, 0.3) is 5.56 Å². The van der Waals surface area contributed by atoms with Gasteiger partial charge in [0.05, 0.1) is 16.7 Å². The van der Waals surface area contributed by atoms with E-state index in [1.807, 2.05) is 29.6 Å². The first-order chi connectivity index (χ1) is 12.1. The second-order valence-electron chi connectivity index (χ2n) is 5.17. The van der Waals surface area contributed by atoms with Crippen LogP contribution in [0.2, 0.25) is 0 Å². The van der Waals surface area contributed by atoms with E-state index in [2.05, 4.69) is 31.1 Å². The number of halogens is 1. The SMILES string of the molecule is Cn1c(SCc2nnc(-c3ccccc3Br)o2)nc2sccc2c1=O. The van der Waals surface area contributed by atoms with E-state index < -0.39 is 0 Å². The molecule has 3 heterocycles. The molecule has 4 aromatic rings. The van der Waals surface area contributed by atoms with Crippen molar-refractivity contribution in [3.63, 3.8) is 0 Å². The highest BCUT2D eigenvalue weighted by Crippen LogP contribution is 2.28. The highest BCUT2D eigenvalue weighted by Gasteiger charge is 2.14. The summed E-state index contributed by atoms with van der Waals surface area (Å²) in [6, 6.07) is 9.46. The van der Waals surface area contributed by atoms with Gasteiger partial charge in [-0.2, -0.15) is 0 Å². The lowest BCUT2D eigenvalue weighted by atomic mass is 10.2. The molecule has 4 rings (SSSR count). The summed E-state index contributed by atoms with van der Waals surface area (Å²) in [7, 11) is 1.72. The predicted octanol–water partition coefficient (Wildman–Crippen LogP) is 4.10. The zero-order valence-corrected chi connectivity index (χ0v) is 16.2. The first-order valence-corrected chi connectivity index (χ1v) is 9.93. The van der Waals surface area contributed by atoms with E-state index in [1.54, 1.807) is 17.7 Å². The molecule has 0 aliphatic heterocycles. The van der Waals surface area contributed by atoms with Gasteiger partial charge in [0.2, 0.25) is 11.8 Å². The summed E-state index contributed by atoms with van der Waals surface area (Å²) in [5, 5.41) is 11.3. The van der Waals surface area contributed by atoms with Crippen LogP contribution in [0.15, 0.2) is 54.6 Å². The summed E-state index contributed by atoms with van der Waals surface area (Å²) < 4.78 is 8.17. The van der Waals surface area contributed by atoms with Crippen molar-refractivity contribution in [2.75, 3.05) is 0 Å². The van der Waals surface area contributed by atoms with E-state index in [9.17, 15) is 4.79 Å².